The minimum absolute atomic E-state index is 1.16. The fraction of sp³-hybridized carbons (Fsp3) is 0.308. The Morgan fingerprint density at radius 2 is 2.20 bits per heavy atom. The van der Waals surface area contributed by atoms with Crippen LogP contribution >= 0.6 is 11.3 Å². The Labute approximate surface area is 93.5 Å². The van der Waals surface area contributed by atoms with Crippen molar-refractivity contribution in [1.29, 1.82) is 0 Å². The van der Waals surface area contributed by atoms with Crippen molar-refractivity contribution in [2.45, 2.75) is 26.7 Å². The first-order chi connectivity index (χ1) is 7.29. The molecule has 0 amide bonds. The van der Waals surface area contributed by atoms with E-state index >= 15 is 0 Å². The predicted octanol–water partition coefficient (Wildman–Crippen LogP) is 3.95. The van der Waals surface area contributed by atoms with Crippen LogP contribution in [0.4, 0.5) is 0 Å². The Bertz CT molecular complexity index is 563. The molecule has 2 aromatic rings. The van der Waals surface area contributed by atoms with Gasteiger partial charge in [0.05, 0.1) is 15.2 Å². The van der Waals surface area contributed by atoms with Crippen LogP contribution < -0.4 is 0 Å². The Morgan fingerprint density at radius 3 is 3.00 bits per heavy atom. The first kappa shape index (κ1) is 9.10. The van der Waals surface area contributed by atoms with E-state index in [1.807, 2.05) is 11.3 Å². The van der Waals surface area contributed by atoms with E-state index in [4.69, 9.17) is 0 Å². The lowest BCUT2D eigenvalue weighted by molar-refractivity contribution is 1.08. The molecule has 0 aliphatic heterocycles. The quantitative estimate of drug-likeness (QED) is 0.648. The largest absolute Gasteiger partial charge is 0.241 e. The third-order valence-corrected chi connectivity index (χ3v) is 4.09. The van der Waals surface area contributed by atoms with Gasteiger partial charge in [0.15, 0.2) is 0 Å². The number of nitrogens with zero attached hydrogens (tertiary/aromatic N) is 1. The number of rotatable bonds is 0. The van der Waals surface area contributed by atoms with Gasteiger partial charge in [0, 0.05) is 0 Å². The summed E-state index contributed by atoms with van der Waals surface area (Å²) in [7, 11) is 0. The van der Waals surface area contributed by atoms with E-state index in [1.165, 1.54) is 39.2 Å². The number of thiazole rings is 1. The van der Waals surface area contributed by atoms with Crippen molar-refractivity contribution < 1.29 is 0 Å². The van der Waals surface area contributed by atoms with Crippen LogP contribution in [0, 0.1) is 6.92 Å². The summed E-state index contributed by atoms with van der Waals surface area (Å²) in [5.41, 5.74) is 5.64. The topological polar surface area (TPSA) is 12.9 Å². The van der Waals surface area contributed by atoms with Gasteiger partial charge in [0.25, 0.3) is 0 Å². The molecule has 1 aromatic carbocycles. The molecule has 0 saturated heterocycles. The molecule has 1 aliphatic rings. The van der Waals surface area contributed by atoms with Crippen LogP contribution in [-0.2, 0) is 6.42 Å². The summed E-state index contributed by atoms with van der Waals surface area (Å²) in [4.78, 5) is 4.55. The molecule has 1 aromatic heterocycles. The van der Waals surface area contributed by atoms with Crippen molar-refractivity contribution in [2.24, 2.45) is 0 Å². The fourth-order valence-electron chi connectivity index (χ4n) is 2.39. The maximum absolute atomic E-state index is 4.55. The van der Waals surface area contributed by atoms with Crippen LogP contribution in [0.15, 0.2) is 18.2 Å². The van der Waals surface area contributed by atoms with Gasteiger partial charge in [-0.05, 0) is 49.5 Å². The number of benzene rings is 1. The lowest BCUT2D eigenvalue weighted by Gasteiger charge is -2.01. The molecular weight excluding hydrogens is 202 g/mol. The summed E-state index contributed by atoms with van der Waals surface area (Å²) in [6, 6.07) is 4.41. The standard InChI is InChI=1S/C13H13NS/c1-3-9-4-5-10-6-7-11-13(12(9)10)15-8(2)14-11/h3,6-7H,4-5H2,1-2H3/b9-3+. The molecule has 1 aliphatic carbocycles. The second-order valence-electron chi connectivity index (χ2n) is 3.99. The van der Waals surface area contributed by atoms with Crippen LogP contribution in [0.2, 0.25) is 0 Å². The van der Waals surface area contributed by atoms with Crippen molar-refractivity contribution in [3.8, 4) is 0 Å². The number of allylic oxidation sites excluding steroid dienone is 2. The van der Waals surface area contributed by atoms with Crippen molar-refractivity contribution >= 4 is 27.1 Å². The van der Waals surface area contributed by atoms with Gasteiger partial charge in [0.2, 0.25) is 0 Å². The molecule has 2 heteroatoms. The van der Waals surface area contributed by atoms with E-state index in [0.29, 0.717) is 0 Å². The molecule has 0 unspecified atom stereocenters. The zero-order valence-electron chi connectivity index (χ0n) is 9.00. The number of aryl methyl sites for hydroxylation is 2. The average molecular weight is 215 g/mol. The van der Waals surface area contributed by atoms with Crippen molar-refractivity contribution in [3.05, 3.63) is 34.3 Å². The minimum atomic E-state index is 1.16. The van der Waals surface area contributed by atoms with Crippen molar-refractivity contribution in [2.75, 3.05) is 0 Å². The van der Waals surface area contributed by atoms with Crippen LogP contribution in [0.1, 0.15) is 29.5 Å². The van der Waals surface area contributed by atoms with E-state index in [0.717, 1.165) is 5.52 Å². The van der Waals surface area contributed by atoms with Gasteiger partial charge >= 0.3 is 0 Å². The maximum atomic E-state index is 4.55. The molecule has 15 heavy (non-hydrogen) atoms. The van der Waals surface area contributed by atoms with Gasteiger partial charge in [-0.15, -0.1) is 11.3 Å². The molecule has 1 nitrogen and oxygen atoms in total. The highest BCUT2D eigenvalue weighted by Gasteiger charge is 2.19. The number of hydrogen-bond acceptors (Lipinski definition) is 2. The lowest BCUT2D eigenvalue weighted by Crippen LogP contribution is -1.81. The Morgan fingerprint density at radius 1 is 1.33 bits per heavy atom. The average Bonchev–Trinajstić information content (AvgIpc) is 2.78. The molecule has 0 atom stereocenters. The number of aromatic nitrogens is 1. The van der Waals surface area contributed by atoms with Crippen molar-refractivity contribution in [3.63, 3.8) is 0 Å². The first-order valence-electron chi connectivity index (χ1n) is 5.34. The van der Waals surface area contributed by atoms with Crippen LogP contribution in [-0.4, -0.2) is 4.98 Å². The third kappa shape index (κ3) is 1.25. The Kier molecular flexibility index (Phi) is 1.93. The van der Waals surface area contributed by atoms with E-state index in [1.54, 1.807) is 0 Å². The molecule has 76 valence electrons. The van der Waals surface area contributed by atoms with E-state index in [9.17, 15) is 0 Å². The Balaban J connectivity index is 2.42. The van der Waals surface area contributed by atoms with E-state index < -0.39 is 0 Å². The summed E-state index contributed by atoms with van der Waals surface area (Å²) < 4.78 is 1.38. The molecule has 0 radical (unpaired) electrons. The molecule has 0 saturated carbocycles. The summed E-state index contributed by atoms with van der Waals surface area (Å²) in [6.07, 6.45) is 4.64. The normalized spacial score (nSPS) is 17.6. The summed E-state index contributed by atoms with van der Waals surface area (Å²) in [5.74, 6) is 0. The smallest absolute Gasteiger partial charge is 0.0907 e. The van der Waals surface area contributed by atoms with Gasteiger partial charge in [-0.3, -0.25) is 0 Å². The second-order valence-corrected chi connectivity index (χ2v) is 5.20. The van der Waals surface area contributed by atoms with E-state index in [2.05, 4.69) is 37.0 Å². The molecule has 1 heterocycles. The molecular formula is C13H13NS. The monoisotopic (exact) mass is 215 g/mol. The van der Waals surface area contributed by atoms with Gasteiger partial charge in [-0.25, -0.2) is 4.98 Å². The summed E-state index contributed by atoms with van der Waals surface area (Å²) in [5, 5.41) is 1.17. The SMILES string of the molecule is C/C=C1\CCc2ccc3nc(C)sc3c21. The zero-order chi connectivity index (χ0) is 10.4. The van der Waals surface area contributed by atoms with Gasteiger partial charge in [-0.1, -0.05) is 12.1 Å². The van der Waals surface area contributed by atoms with E-state index in [-0.39, 0.29) is 0 Å². The summed E-state index contributed by atoms with van der Waals surface area (Å²) >= 11 is 1.82. The molecule has 0 bridgehead atoms. The Hall–Kier alpha value is -1.15. The highest BCUT2D eigenvalue weighted by atomic mass is 32.1. The highest BCUT2D eigenvalue weighted by Crippen LogP contribution is 2.39. The molecule has 0 fully saturated rings. The molecule has 0 N–H and O–H groups in total. The zero-order valence-corrected chi connectivity index (χ0v) is 9.82. The molecule has 3 rings (SSSR count). The molecule has 0 spiro atoms. The predicted molar refractivity (Wildman–Crippen MR) is 66.3 cm³/mol. The fourth-order valence-corrected chi connectivity index (χ4v) is 3.41. The van der Waals surface area contributed by atoms with Gasteiger partial charge in [0.1, 0.15) is 0 Å². The van der Waals surface area contributed by atoms with Crippen LogP contribution in [0.3, 0.4) is 0 Å². The first-order valence-corrected chi connectivity index (χ1v) is 6.16. The van der Waals surface area contributed by atoms with Crippen LogP contribution in [0.5, 0.6) is 0 Å². The number of hydrogen-bond donors (Lipinski definition) is 0. The number of fused-ring (bicyclic) bond motifs is 3. The third-order valence-electron chi connectivity index (χ3n) is 3.08. The maximum Gasteiger partial charge on any atom is 0.0907 e. The van der Waals surface area contributed by atoms with Crippen LogP contribution in [0.25, 0.3) is 15.8 Å². The van der Waals surface area contributed by atoms with Crippen molar-refractivity contribution in [1.82, 2.24) is 4.98 Å². The minimum Gasteiger partial charge on any atom is -0.241 e. The second kappa shape index (κ2) is 3.17. The lowest BCUT2D eigenvalue weighted by atomic mass is 10.1. The highest BCUT2D eigenvalue weighted by molar-refractivity contribution is 7.18. The van der Waals surface area contributed by atoms with Gasteiger partial charge < -0.3 is 0 Å². The van der Waals surface area contributed by atoms with Gasteiger partial charge in [-0.2, -0.15) is 0 Å². The summed E-state index contributed by atoms with van der Waals surface area (Å²) in [6.45, 7) is 4.22.